The van der Waals surface area contributed by atoms with Crippen molar-refractivity contribution in [2.24, 2.45) is 11.1 Å². The van der Waals surface area contributed by atoms with Gasteiger partial charge in [-0.2, -0.15) is 0 Å². The largest absolute Gasteiger partial charge is 0.491 e. The van der Waals surface area contributed by atoms with Crippen LogP contribution in [-0.2, 0) is 40.4 Å². The van der Waals surface area contributed by atoms with Gasteiger partial charge in [-0.15, -0.1) is 0 Å². The number of alkyl carbamates (subject to hydrolysis) is 1. The van der Waals surface area contributed by atoms with Gasteiger partial charge < -0.3 is 29.8 Å². The summed E-state index contributed by atoms with van der Waals surface area (Å²) in [7, 11) is -3.89. The SMILES string of the molecule is CC(C)(C)OC(=O)N[C@H]1CCCCC/C=C\[C@@H]2CC2(C(=O)NS(=O)(=O)C2CC2)NC(=O)[C@@H]2C[C@]3(CC(c4cc(Cl)c5c(c4)CCO5)=NO3)CN2C1=O. The smallest absolute Gasteiger partial charge is 0.408 e. The van der Waals surface area contributed by atoms with Gasteiger partial charge in [-0.1, -0.05) is 41.8 Å². The maximum Gasteiger partial charge on any atom is 0.408 e. The molecule has 3 fully saturated rings. The Hall–Kier alpha value is -3.85. The number of hydrogen-bond donors (Lipinski definition) is 3. The van der Waals surface area contributed by atoms with E-state index in [2.05, 4.69) is 20.5 Å². The first kappa shape index (κ1) is 36.5. The lowest BCUT2D eigenvalue weighted by molar-refractivity contribution is -0.141. The average Bonchev–Trinajstić information content (AvgIpc) is 3.89. The number of rotatable bonds is 5. The molecule has 0 radical (unpaired) electrons. The van der Waals surface area contributed by atoms with Crippen LogP contribution in [0.25, 0.3) is 0 Å². The third kappa shape index (κ3) is 7.48. The molecule has 2 aliphatic carbocycles. The molecule has 16 heteroatoms. The lowest BCUT2D eigenvalue weighted by Crippen LogP contribution is -2.58. The molecule has 1 unspecified atom stereocenters. The van der Waals surface area contributed by atoms with Crippen molar-refractivity contribution in [3.05, 3.63) is 40.4 Å². The van der Waals surface area contributed by atoms with E-state index in [-0.39, 0.29) is 25.8 Å². The third-order valence-corrected chi connectivity index (χ3v) is 12.7. The molecular formula is C36H46ClN5O9S. The van der Waals surface area contributed by atoms with E-state index in [9.17, 15) is 27.6 Å². The second-order valence-corrected chi connectivity index (χ2v) is 18.3. The summed E-state index contributed by atoms with van der Waals surface area (Å²) in [5.74, 6) is -1.69. The summed E-state index contributed by atoms with van der Waals surface area (Å²) in [6.07, 6.45) is 8.40. The standard InChI is InChI=1S/C36H46ClN5O9S/c1-34(2,3)50-33(46)38-26-10-8-6-4-5-7-9-23-17-36(23,32(45)41-52(47,48)24-11-12-24)39-30(43)28-19-35(20-42(28)31(26)44)18-27(40-51-35)22-15-21-13-14-49-29(21)25(37)16-22/h7,9,15-16,23-24,26,28H,4-6,8,10-14,17-20H2,1-3H3,(H,38,46)(H,39,43)(H,41,45)/b9-7-/t23-,26+,28+,35-,36?/m1/s1. The van der Waals surface area contributed by atoms with Crippen LogP contribution in [0.2, 0.25) is 5.02 Å². The highest BCUT2D eigenvalue weighted by Crippen LogP contribution is 2.47. The molecule has 1 aromatic rings. The Morgan fingerprint density at radius 1 is 1.12 bits per heavy atom. The van der Waals surface area contributed by atoms with Crippen LogP contribution in [0.1, 0.15) is 96.1 Å². The minimum atomic E-state index is -3.89. The van der Waals surface area contributed by atoms with E-state index in [0.717, 1.165) is 24.0 Å². The lowest BCUT2D eigenvalue weighted by Gasteiger charge is -2.30. The van der Waals surface area contributed by atoms with Crippen molar-refractivity contribution >= 4 is 51.2 Å². The van der Waals surface area contributed by atoms with Gasteiger partial charge in [0.05, 0.1) is 29.1 Å². The number of sulfonamides is 1. The number of allylic oxidation sites excluding steroid dienone is 1. The summed E-state index contributed by atoms with van der Waals surface area (Å²) in [5, 5.41) is 9.88. The van der Waals surface area contributed by atoms with E-state index < -0.39 is 73.8 Å². The molecule has 3 N–H and O–H groups in total. The molecule has 1 aromatic carbocycles. The first-order chi connectivity index (χ1) is 24.6. The van der Waals surface area contributed by atoms with Gasteiger partial charge in [-0.05, 0) is 77.0 Å². The Bertz CT molecular complexity index is 1840. The first-order valence-electron chi connectivity index (χ1n) is 18.1. The Morgan fingerprint density at radius 3 is 2.65 bits per heavy atom. The predicted molar refractivity (Wildman–Crippen MR) is 190 cm³/mol. The van der Waals surface area contributed by atoms with Crippen LogP contribution >= 0.6 is 11.6 Å². The third-order valence-electron chi connectivity index (χ3n) is 10.6. The molecule has 0 bridgehead atoms. The molecule has 7 rings (SSSR count). The second kappa shape index (κ2) is 13.5. The summed E-state index contributed by atoms with van der Waals surface area (Å²) in [4.78, 5) is 63.2. The van der Waals surface area contributed by atoms with Gasteiger partial charge in [0.15, 0.2) is 5.60 Å². The van der Waals surface area contributed by atoms with Crippen molar-refractivity contribution in [2.75, 3.05) is 13.2 Å². The van der Waals surface area contributed by atoms with Crippen LogP contribution in [0.4, 0.5) is 4.79 Å². The van der Waals surface area contributed by atoms with Crippen molar-refractivity contribution in [3.63, 3.8) is 0 Å². The van der Waals surface area contributed by atoms with Crippen LogP contribution in [-0.4, -0.2) is 90.1 Å². The number of benzene rings is 1. The van der Waals surface area contributed by atoms with Crippen LogP contribution in [0.3, 0.4) is 0 Å². The van der Waals surface area contributed by atoms with E-state index in [4.69, 9.17) is 25.9 Å². The van der Waals surface area contributed by atoms with Crippen LogP contribution < -0.4 is 20.1 Å². The molecule has 14 nitrogen and oxygen atoms in total. The number of amides is 4. The zero-order valence-corrected chi connectivity index (χ0v) is 31.2. The van der Waals surface area contributed by atoms with Gasteiger partial charge in [-0.25, -0.2) is 13.2 Å². The van der Waals surface area contributed by atoms with Gasteiger partial charge in [0.25, 0.3) is 5.91 Å². The monoisotopic (exact) mass is 759 g/mol. The van der Waals surface area contributed by atoms with E-state index >= 15 is 0 Å². The molecule has 0 aromatic heterocycles. The Kier molecular flexibility index (Phi) is 9.50. The zero-order valence-electron chi connectivity index (χ0n) is 29.7. The van der Waals surface area contributed by atoms with E-state index in [0.29, 0.717) is 61.6 Å². The van der Waals surface area contributed by atoms with Crippen molar-refractivity contribution in [2.45, 2.75) is 125 Å². The van der Waals surface area contributed by atoms with Gasteiger partial charge in [0.2, 0.25) is 21.8 Å². The van der Waals surface area contributed by atoms with Crippen molar-refractivity contribution in [3.8, 4) is 5.75 Å². The van der Waals surface area contributed by atoms with Crippen molar-refractivity contribution < 1.29 is 41.9 Å². The quantitative estimate of drug-likeness (QED) is 0.378. The number of fused-ring (bicyclic) bond motifs is 3. The zero-order chi connectivity index (χ0) is 37.1. The van der Waals surface area contributed by atoms with Crippen LogP contribution in [0.5, 0.6) is 5.75 Å². The molecular weight excluding hydrogens is 714 g/mol. The molecule has 4 amide bonds. The number of carbonyl (C=O) groups excluding carboxylic acids is 4. The molecule has 6 aliphatic rings. The summed E-state index contributed by atoms with van der Waals surface area (Å²) < 4.78 is 39.0. The number of oxime groups is 1. The number of nitrogens with one attached hydrogen (secondary N) is 3. The maximum atomic E-state index is 14.5. The fraction of sp³-hybridized carbons (Fsp3) is 0.639. The highest BCUT2D eigenvalue weighted by atomic mass is 35.5. The molecule has 5 atom stereocenters. The molecule has 282 valence electrons. The average molecular weight is 760 g/mol. The van der Waals surface area contributed by atoms with Gasteiger partial charge in [-0.3, -0.25) is 19.1 Å². The Balaban J connectivity index is 1.19. The van der Waals surface area contributed by atoms with E-state index in [1.54, 1.807) is 26.8 Å². The number of hydrogen-bond acceptors (Lipinski definition) is 10. The summed E-state index contributed by atoms with van der Waals surface area (Å²) >= 11 is 6.54. The summed E-state index contributed by atoms with van der Waals surface area (Å²) in [6, 6.07) is 1.59. The van der Waals surface area contributed by atoms with Crippen LogP contribution in [0, 0.1) is 5.92 Å². The molecule has 52 heavy (non-hydrogen) atoms. The Morgan fingerprint density at radius 2 is 1.90 bits per heavy atom. The number of halogens is 1. The highest BCUT2D eigenvalue weighted by molar-refractivity contribution is 7.91. The van der Waals surface area contributed by atoms with Crippen molar-refractivity contribution in [1.82, 2.24) is 20.3 Å². The fourth-order valence-corrected chi connectivity index (χ4v) is 9.29. The minimum absolute atomic E-state index is 0.0240. The van der Waals surface area contributed by atoms with Gasteiger partial charge >= 0.3 is 6.09 Å². The first-order valence-corrected chi connectivity index (χ1v) is 20.1. The van der Waals surface area contributed by atoms with Crippen molar-refractivity contribution in [1.29, 1.82) is 0 Å². The van der Waals surface area contributed by atoms with Crippen LogP contribution in [0.15, 0.2) is 29.4 Å². The molecule has 4 heterocycles. The normalized spacial score (nSPS) is 31.0. The molecule has 1 spiro atoms. The molecule has 1 saturated heterocycles. The predicted octanol–water partition coefficient (Wildman–Crippen LogP) is 3.64. The Labute approximate surface area is 308 Å². The molecule has 2 saturated carbocycles. The number of carbonyl (C=O) groups is 4. The highest BCUT2D eigenvalue weighted by Gasteiger charge is 2.63. The topological polar surface area (TPSA) is 182 Å². The van der Waals surface area contributed by atoms with E-state index in [1.165, 1.54) is 4.90 Å². The van der Waals surface area contributed by atoms with Gasteiger partial charge in [0.1, 0.15) is 29.0 Å². The van der Waals surface area contributed by atoms with Gasteiger partial charge in [0, 0.05) is 30.7 Å². The number of nitrogens with zero attached hydrogens (tertiary/aromatic N) is 2. The second-order valence-electron chi connectivity index (χ2n) is 15.9. The minimum Gasteiger partial charge on any atom is -0.491 e. The van der Waals surface area contributed by atoms with E-state index in [1.807, 2.05) is 18.2 Å². The maximum absolute atomic E-state index is 14.5. The fourth-order valence-electron chi connectivity index (χ4n) is 7.63. The molecule has 4 aliphatic heterocycles. The summed E-state index contributed by atoms with van der Waals surface area (Å²) in [5.41, 5.74) is -1.10. The lowest BCUT2D eigenvalue weighted by atomic mass is 9.91. The summed E-state index contributed by atoms with van der Waals surface area (Å²) in [6.45, 7) is 5.69. The number of ether oxygens (including phenoxy) is 2.